The van der Waals surface area contributed by atoms with Crippen LogP contribution in [0.5, 0.6) is 0 Å². The number of benzene rings is 1. The zero-order chi connectivity index (χ0) is 17.9. The number of carbonyl (C=O) groups is 3. The van der Waals surface area contributed by atoms with Gasteiger partial charge < -0.3 is 15.4 Å². The molecule has 1 aliphatic rings. The SMILES string of the molecule is COC(=O)[C@H](CC(C)C)NC(=O)c1ccc2c(c1)NC(=O)[C@@H](C)S2. The van der Waals surface area contributed by atoms with E-state index in [0.717, 1.165) is 4.90 Å². The first-order chi connectivity index (χ1) is 11.3. The lowest BCUT2D eigenvalue weighted by atomic mass is 10.0. The third-order valence-corrected chi connectivity index (χ3v) is 4.85. The molecular weight excluding hydrogens is 328 g/mol. The Balaban J connectivity index is 2.16. The Kier molecular flexibility index (Phi) is 5.88. The minimum atomic E-state index is -0.692. The molecule has 2 amide bonds. The van der Waals surface area contributed by atoms with Gasteiger partial charge in [-0.2, -0.15) is 0 Å². The summed E-state index contributed by atoms with van der Waals surface area (Å²) in [6, 6.07) is 4.43. The van der Waals surface area contributed by atoms with E-state index < -0.39 is 12.0 Å². The Morgan fingerprint density at radius 3 is 2.71 bits per heavy atom. The van der Waals surface area contributed by atoms with Gasteiger partial charge in [-0.3, -0.25) is 9.59 Å². The predicted octanol–water partition coefficient (Wildman–Crippen LogP) is 2.44. The molecule has 2 N–H and O–H groups in total. The lowest BCUT2D eigenvalue weighted by Crippen LogP contribution is -2.42. The molecule has 130 valence electrons. The molecule has 2 rings (SSSR count). The standard InChI is InChI=1S/C17H22N2O4S/c1-9(2)7-13(17(22)23-4)19-16(21)11-5-6-14-12(8-11)18-15(20)10(3)24-14/h5-6,8-10,13H,7H2,1-4H3,(H,18,20)(H,19,21)/t10-,13+/m1/s1. The fourth-order valence-electron chi connectivity index (χ4n) is 2.42. The lowest BCUT2D eigenvalue weighted by molar-refractivity contribution is -0.143. The summed E-state index contributed by atoms with van der Waals surface area (Å²) in [4.78, 5) is 37.0. The van der Waals surface area contributed by atoms with Crippen LogP contribution in [-0.2, 0) is 14.3 Å². The van der Waals surface area contributed by atoms with Gasteiger partial charge in [-0.05, 0) is 37.5 Å². The van der Waals surface area contributed by atoms with Crippen LogP contribution < -0.4 is 10.6 Å². The Morgan fingerprint density at radius 1 is 1.38 bits per heavy atom. The van der Waals surface area contributed by atoms with Crippen molar-refractivity contribution in [2.75, 3.05) is 12.4 Å². The molecule has 0 unspecified atom stereocenters. The summed E-state index contributed by atoms with van der Waals surface area (Å²) in [5.74, 6) is -0.688. The molecule has 6 nitrogen and oxygen atoms in total. The van der Waals surface area contributed by atoms with Crippen molar-refractivity contribution in [1.29, 1.82) is 0 Å². The highest BCUT2D eigenvalue weighted by Crippen LogP contribution is 2.35. The number of esters is 1. The number of amides is 2. The molecule has 0 spiro atoms. The minimum absolute atomic E-state index is 0.0858. The van der Waals surface area contributed by atoms with Crippen LogP contribution in [0, 0.1) is 5.92 Å². The van der Waals surface area contributed by atoms with Gasteiger partial charge in [0.15, 0.2) is 0 Å². The van der Waals surface area contributed by atoms with Crippen molar-refractivity contribution in [1.82, 2.24) is 5.32 Å². The number of rotatable bonds is 5. The number of thioether (sulfide) groups is 1. The second-order valence-electron chi connectivity index (χ2n) is 6.14. The number of hydrogen-bond donors (Lipinski definition) is 2. The summed E-state index contributed by atoms with van der Waals surface area (Å²) in [7, 11) is 1.30. The highest BCUT2D eigenvalue weighted by molar-refractivity contribution is 8.00. The van der Waals surface area contributed by atoms with E-state index in [9.17, 15) is 14.4 Å². The van der Waals surface area contributed by atoms with Crippen molar-refractivity contribution >= 4 is 35.2 Å². The van der Waals surface area contributed by atoms with E-state index in [0.29, 0.717) is 17.7 Å². The van der Waals surface area contributed by atoms with Crippen LogP contribution in [-0.4, -0.2) is 36.2 Å². The molecule has 1 aromatic rings. The zero-order valence-corrected chi connectivity index (χ0v) is 15.0. The normalized spacial score (nSPS) is 17.7. The van der Waals surface area contributed by atoms with Crippen molar-refractivity contribution in [3.05, 3.63) is 23.8 Å². The van der Waals surface area contributed by atoms with Crippen molar-refractivity contribution in [3.8, 4) is 0 Å². The maximum Gasteiger partial charge on any atom is 0.328 e. The lowest BCUT2D eigenvalue weighted by Gasteiger charge is -2.22. The van der Waals surface area contributed by atoms with Gasteiger partial charge in [0.05, 0.1) is 18.0 Å². The molecule has 2 atom stereocenters. The molecule has 1 heterocycles. The highest BCUT2D eigenvalue weighted by atomic mass is 32.2. The Bertz CT molecular complexity index is 660. The topological polar surface area (TPSA) is 84.5 Å². The number of carbonyl (C=O) groups excluding carboxylic acids is 3. The first kappa shape index (κ1) is 18.3. The number of fused-ring (bicyclic) bond motifs is 1. The van der Waals surface area contributed by atoms with E-state index in [1.807, 2.05) is 20.8 Å². The van der Waals surface area contributed by atoms with Crippen LogP contribution in [0.2, 0.25) is 0 Å². The van der Waals surface area contributed by atoms with Crippen molar-refractivity contribution in [3.63, 3.8) is 0 Å². The predicted molar refractivity (Wildman–Crippen MR) is 93.1 cm³/mol. The fourth-order valence-corrected chi connectivity index (χ4v) is 3.35. The first-order valence-electron chi connectivity index (χ1n) is 7.82. The number of ether oxygens (including phenoxy) is 1. The largest absolute Gasteiger partial charge is 0.467 e. The number of hydrogen-bond acceptors (Lipinski definition) is 5. The average molecular weight is 350 g/mol. The second-order valence-corrected chi connectivity index (χ2v) is 7.52. The smallest absolute Gasteiger partial charge is 0.328 e. The van der Waals surface area contributed by atoms with Crippen LogP contribution in [0.3, 0.4) is 0 Å². The van der Waals surface area contributed by atoms with Crippen LogP contribution in [0.4, 0.5) is 5.69 Å². The summed E-state index contributed by atoms with van der Waals surface area (Å²) in [5.41, 5.74) is 1.01. The second kappa shape index (κ2) is 7.70. The van der Waals surface area contributed by atoms with Gasteiger partial charge in [-0.1, -0.05) is 13.8 Å². The van der Waals surface area contributed by atoms with E-state index in [-0.39, 0.29) is 23.0 Å². The number of nitrogens with one attached hydrogen (secondary N) is 2. The summed E-state index contributed by atoms with van der Waals surface area (Å²) >= 11 is 1.45. The molecule has 24 heavy (non-hydrogen) atoms. The van der Waals surface area contributed by atoms with Gasteiger partial charge >= 0.3 is 5.97 Å². The highest BCUT2D eigenvalue weighted by Gasteiger charge is 2.26. The first-order valence-corrected chi connectivity index (χ1v) is 8.70. The number of methoxy groups -OCH3 is 1. The van der Waals surface area contributed by atoms with Crippen LogP contribution in [0.15, 0.2) is 23.1 Å². The molecule has 0 aromatic heterocycles. The van der Waals surface area contributed by atoms with Gasteiger partial charge in [0.1, 0.15) is 6.04 Å². The molecule has 0 bridgehead atoms. The van der Waals surface area contributed by atoms with Crippen LogP contribution in [0.1, 0.15) is 37.6 Å². The van der Waals surface area contributed by atoms with E-state index in [2.05, 4.69) is 10.6 Å². The zero-order valence-electron chi connectivity index (χ0n) is 14.2. The van der Waals surface area contributed by atoms with Gasteiger partial charge in [-0.15, -0.1) is 11.8 Å². The van der Waals surface area contributed by atoms with Crippen LogP contribution >= 0.6 is 11.8 Å². The fraction of sp³-hybridized carbons (Fsp3) is 0.471. The summed E-state index contributed by atoms with van der Waals surface area (Å²) in [6.45, 7) is 5.76. The maximum atomic E-state index is 12.5. The minimum Gasteiger partial charge on any atom is -0.467 e. The molecule has 1 aliphatic heterocycles. The van der Waals surface area contributed by atoms with Crippen molar-refractivity contribution < 1.29 is 19.1 Å². The molecule has 0 saturated carbocycles. The van der Waals surface area contributed by atoms with E-state index in [1.54, 1.807) is 18.2 Å². The maximum absolute atomic E-state index is 12.5. The van der Waals surface area contributed by atoms with Gasteiger partial charge in [0.2, 0.25) is 5.91 Å². The number of anilines is 1. The summed E-state index contributed by atoms with van der Waals surface area (Å²) in [5, 5.41) is 5.34. The Labute approximate surface area is 145 Å². The average Bonchev–Trinajstić information content (AvgIpc) is 2.53. The summed E-state index contributed by atoms with van der Waals surface area (Å²) in [6.07, 6.45) is 0.494. The quantitative estimate of drug-likeness (QED) is 0.797. The van der Waals surface area contributed by atoms with Gasteiger partial charge in [-0.25, -0.2) is 4.79 Å². The van der Waals surface area contributed by atoms with Gasteiger partial charge in [0, 0.05) is 10.5 Å². The Hall–Kier alpha value is -2.02. The molecule has 7 heteroatoms. The molecule has 0 saturated heterocycles. The van der Waals surface area contributed by atoms with Crippen molar-refractivity contribution in [2.24, 2.45) is 5.92 Å². The van der Waals surface area contributed by atoms with E-state index >= 15 is 0 Å². The van der Waals surface area contributed by atoms with Gasteiger partial charge in [0.25, 0.3) is 5.91 Å². The third kappa shape index (κ3) is 4.29. The third-order valence-electron chi connectivity index (χ3n) is 3.67. The molecule has 0 aliphatic carbocycles. The monoisotopic (exact) mass is 350 g/mol. The van der Waals surface area contributed by atoms with Crippen LogP contribution in [0.25, 0.3) is 0 Å². The Morgan fingerprint density at radius 2 is 2.08 bits per heavy atom. The van der Waals surface area contributed by atoms with E-state index in [4.69, 9.17) is 4.74 Å². The van der Waals surface area contributed by atoms with Crippen molar-refractivity contribution in [2.45, 2.75) is 43.4 Å². The molecule has 1 aromatic carbocycles. The molecular formula is C17H22N2O4S. The summed E-state index contributed by atoms with van der Waals surface area (Å²) < 4.78 is 4.75. The molecule has 0 radical (unpaired) electrons. The van der Waals surface area contributed by atoms with E-state index in [1.165, 1.54) is 18.9 Å². The molecule has 0 fully saturated rings.